The van der Waals surface area contributed by atoms with Crippen LogP contribution in [0, 0.1) is 13.8 Å². The maximum Gasteiger partial charge on any atom is 0.227 e. The molecule has 1 N–H and O–H groups in total. The van der Waals surface area contributed by atoms with Crippen LogP contribution >= 0.6 is 11.3 Å². The zero-order chi connectivity index (χ0) is 16.4. The standard InChI is InChI=1S/C17H21N5S/c1-11-16(23-12(2)19-11)15-9-10-18-17(21-15)20-13-5-7-14(8-6-13)22(3)4/h5-7,9-10,14H,8H2,1-4H3,(H,18,20,21). The third kappa shape index (κ3) is 3.65. The van der Waals surface area contributed by atoms with Crippen LogP contribution < -0.4 is 5.32 Å². The van der Waals surface area contributed by atoms with Gasteiger partial charge in [0.15, 0.2) is 0 Å². The summed E-state index contributed by atoms with van der Waals surface area (Å²) in [6, 6.07) is 2.38. The molecule has 0 fully saturated rings. The van der Waals surface area contributed by atoms with Crippen molar-refractivity contribution in [1.82, 2.24) is 19.9 Å². The first kappa shape index (κ1) is 15.8. The summed E-state index contributed by atoms with van der Waals surface area (Å²) >= 11 is 1.66. The summed E-state index contributed by atoms with van der Waals surface area (Å²) in [4.78, 5) is 16.7. The minimum absolute atomic E-state index is 0.454. The lowest BCUT2D eigenvalue weighted by atomic mass is 10.1. The van der Waals surface area contributed by atoms with Crippen molar-refractivity contribution in [2.45, 2.75) is 26.3 Å². The molecule has 0 bridgehead atoms. The molecule has 0 amide bonds. The topological polar surface area (TPSA) is 53.9 Å². The Morgan fingerprint density at radius 2 is 2.09 bits per heavy atom. The van der Waals surface area contributed by atoms with E-state index in [1.54, 1.807) is 17.5 Å². The molecule has 0 spiro atoms. The number of thiazole rings is 1. The van der Waals surface area contributed by atoms with E-state index in [0.717, 1.165) is 33.4 Å². The first-order chi connectivity index (χ1) is 11.0. The molecular weight excluding hydrogens is 306 g/mol. The Kier molecular flexibility index (Phi) is 4.54. The van der Waals surface area contributed by atoms with Gasteiger partial charge in [0.1, 0.15) is 0 Å². The molecule has 0 saturated carbocycles. The first-order valence-electron chi connectivity index (χ1n) is 7.62. The Balaban J connectivity index is 1.77. The fourth-order valence-corrected chi connectivity index (χ4v) is 3.42. The summed E-state index contributed by atoms with van der Waals surface area (Å²) in [5.41, 5.74) is 2.97. The number of hydrogen-bond acceptors (Lipinski definition) is 6. The molecule has 1 unspecified atom stereocenters. The summed E-state index contributed by atoms with van der Waals surface area (Å²) in [5.74, 6) is 0.618. The molecule has 23 heavy (non-hydrogen) atoms. The van der Waals surface area contributed by atoms with Gasteiger partial charge in [-0.1, -0.05) is 12.2 Å². The van der Waals surface area contributed by atoms with Gasteiger partial charge in [0.2, 0.25) is 5.95 Å². The van der Waals surface area contributed by atoms with E-state index in [1.807, 2.05) is 19.9 Å². The van der Waals surface area contributed by atoms with Crippen molar-refractivity contribution in [2.75, 3.05) is 19.4 Å². The van der Waals surface area contributed by atoms with E-state index in [4.69, 9.17) is 0 Å². The maximum atomic E-state index is 4.63. The summed E-state index contributed by atoms with van der Waals surface area (Å²) < 4.78 is 0. The van der Waals surface area contributed by atoms with Gasteiger partial charge in [0, 0.05) is 17.9 Å². The Bertz CT molecular complexity index is 760. The zero-order valence-corrected chi connectivity index (χ0v) is 14.7. The molecule has 0 aliphatic heterocycles. The van der Waals surface area contributed by atoms with Crippen molar-refractivity contribution in [3.8, 4) is 10.6 Å². The predicted octanol–water partition coefficient (Wildman–Crippen LogP) is 3.40. The van der Waals surface area contributed by atoms with Gasteiger partial charge in [-0.15, -0.1) is 11.3 Å². The third-order valence-electron chi connectivity index (χ3n) is 3.79. The molecule has 5 nitrogen and oxygen atoms in total. The molecule has 0 aromatic carbocycles. The molecule has 120 valence electrons. The summed E-state index contributed by atoms with van der Waals surface area (Å²) in [6.07, 6.45) is 9.24. The number of nitrogens with one attached hydrogen (secondary N) is 1. The second-order valence-electron chi connectivity index (χ2n) is 5.82. The van der Waals surface area contributed by atoms with Crippen LogP contribution in [0.3, 0.4) is 0 Å². The summed E-state index contributed by atoms with van der Waals surface area (Å²) in [5, 5.41) is 4.35. The lowest BCUT2D eigenvalue weighted by molar-refractivity contribution is 0.343. The fourth-order valence-electron chi connectivity index (χ4n) is 2.53. The van der Waals surface area contributed by atoms with Gasteiger partial charge in [-0.2, -0.15) is 0 Å². The third-order valence-corrected chi connectivity index (χ3v) is 4.88. The lowest BCUT2D eigenvalue weighted by Gasteiger charge is -2.22. The number of aryl methyl sites for hydroxylation is 2. The Hall–Kier alpha value is -2.05. The van der Waals surface area contributed by atoms with Crippen LogP contribution in [-0.4, -0.2) is 40.0 Å². The van der Waals surface area contributed by atoms with Crippen molar-refractivity contribution >= 4 is 17.3 Å². The van der Waals surface area contributed by atoms with Crippen LogP contribution in [0.15, 0.2) is 36.2 Å². The van der Waals surface area contributed by atoms with E-state index in [1.165, 1.54) is 0 Å². The second-order valence-corrected chi connectivity index (χ2v) is 7.03. The molecule has 3 rings (SSSR count). The molecule has 2 aromatic rings. The zero-order valence-electron chi connectivity index (χ0n) is 13.9. The Morgan fingerprint density at radius 3 is 2.70 bits per heavy atom. The monoisotopic (exact) mass is 327 g/mol. The number of aromatic nitrogens is 3. The van der Waals surface area contributed by atoms with Gasteiger partial charge in [0.25, 0.3) is 0 Å². The number of rotatable bonds is 4. The summed E-state index contributed by atoms with van der Waals surface area (Å²) in [6.45, 7) is 4.03. The molecule has 0 radical (unpaired) electrons. The number of likely N-dealkylation sites (N-methyl/N-ethyl adjacent to an activating group) is 1. The highest BCUT2D eigenvalue weighted by atomic mass is 32.1. The van der Waals surface area contributed by atoms with E-state index in [9.17, 15) is 0 Å². The van der Waals surface area contributed by atoms with E-state index >= 15 is 0 Å². The van der Waals surface area contributed by atoms with Crippen LogP contribution in [0.2, 0.25) is 0 Å². The van der Waals surface area contributed by atoms with Crippen LogP contribution in [-0.2, 0) is 0 Å². The second kappa shape index (κ2) is 6.60. The minimum atomic E-state index is 0.454. The molecule has 2 heterocycles. The number of allylic oxidation sites excluding steroid dienone is 1. The number of anilines is 1. The highest BCUT2D eigenvalue weighted by molar-refractivity contribution is 7.15. The molecule has 1 aliphatic carbocycles. The fraction of sp³-hybridized carbons (Fsp3) is 0.353. The first-order valence-corrected chi connectivity index (χ1v) is 8.44. The normalized spacial score (nSPS) is 17.4. The minimum Gasteiger partial charge on any atom is -0.324 e. The highest BCUT2D eigenvalue weighted by Crippen LogP contribution is 2.28. The van der Waals surface area contributed by atoms with Gasteiger partial charge in [-0.3, -0.25) is 0 Å². The maximum absolute atomic E-state index is 4.63. The van der Waals surface area contributed by atoms with Crippen molar-refractivity contribution in [3.63, 3.8) is 0 Å². The smallest absolute Gasteiger partial charge is 0.227 e. The number of nitrogens with zero attached hydrogens (tertiary/aromatic N) is 4. The van der Waals surface area contributed by atoms with Crippen LogP contribution in [0.5, 0.6) is 0 Å². The van der Waals surface area contributed by atoms with Gasteiger partial charge in [0.05, 0.1) is 21.3 Å². The van der Waals surface area contributed by atoms with E-state index in [0.29, 0.717) is 12.0 Å². The highest BCUT2D eigenvalue weighted by Gasteiger charge is 2.13. The van der Waals surface area contributed by atoms with Crippen molar-refractivity contribution in [3.05, 3.63) is 46.9 Å². The molecule has 1 atom stereocenters. The van der Waals surface area contributed by atoms with Crippen molar-refractivity contribution < 1.29 is 0 Å². The van der Waals surface area contributed by atoms with E-state index < -0.39 is 0 Å². The van der Waals surface area contributed by atoms with Crippen LogP contribution in [0.1, 0.15) is 17.1 Å². The summed E-state index contributed by atoms with van der Waals surface area (Å²) in [7, 11) is 4.18. The average molecular weight is 327 g/mol. The Morgan fingerprint density at radius 1 is 1.26 bits per heavy atom. The Labute approximate surface area is 140 Å². The van der Waals surface area contributed by atoms with Gasteiger partial charge < -0.3 is 10.2 Å². The van der Waals surface area contributed by atoms with Gasteiger partial charge >= 0.3 is 0 Å². The molecular formula is C17H21N5S. The van der Waals surface area contributed by atoms with Gasteiger partial charge in [-0.25, -0.2) is 15.0 Å². The molecule has 2 aromatic heterocycles. The average Bonchev–Trinajstić information content (AvgIpc) is 2.87. The molecule has 1 aliphatic rings. The quantitative estimate of drug-likeness (QED) is 0.933. The predicted molar refractivity (Wildman–Crippen MR) is 95.6 cm³/mol. The molecule has 0 saturated heterocycles. The van der Waals surface area contributed by atoms with Crippen LogP contribution in [0.25, 0.3) is 10.6 Å². The van der Waals surface area contributed by atoms with Crippen LogP contribution in [0.4, 0.5) is 5.95 Å². The largest absolute Gasteiger partial charge is 0.324 e. The molecule has 6 heteroatoms. The lowest BCUT2D eigenvalue weighted by Crippen LogP contribution is -2.27. The number of hydrogen-bond donors (Lipinski definition) is 1. The van der Waals surface area contributed by atoms with Crippen molar-refractivity contribution in [1.29, 1.82) is 0 Å². The SMILES string of the molecule is Cc1nc(C)c(-c2ccnc(NC3=CCC(N(C)C)C=C3)n2)s1. The van der Waals surface area contributed by atoms with E-state index in [-0.39, 0.29) is 0 Å². The van der Waals surface area contributed by atoms with E-state index in [2.05, 4.69) is 57.5 Å². The van der Waals surface area contributed by atoms with Crippen molar-refractivity contribution in [2.24, 2.45) is 0 Å². The van der Waals surface area contributed by atoms with Gasteiger partial charge in [-0.05, 0) is 46.5 Å².